The van der Waals surface area contributed by atoms with E-state index in [1.165, 1.54) is 0 Å². The lowest BCUT2D eigenvalue weighted by Crippen LogP contribution is -2.52. The molecule has 1 aliphatic rings. The van der Waals surface area contributed by atoms with Crippen molar-refractivity contribution in [1.29, 1.82) is 0 Å². The highest BCUT2D eigenvalue weighted by Gasteiger charge is 2.28. The van der Waals surface area contributed by atoms with E-state index in [9.17, 15) is 4.79 Å². The number of hydrogen-bond donors (Lipinski definition) is 0. The van der Waals surface area contributed by atoms with Crippen molar-refractivity contribution in [3.05, 3.63) is 34.9 Å². The van der Waals surface area contributed by atoms with Gasteiger partial charge in [0.1, 0.15) is 5.60 Å². The van der Waals surface area contributed by atoms with Crippen molar-refractivity contribution in [3.63, 3.8) is 0 Å². The Labute approximate surface area is 162 Å². The molecular weight excluding hydrogens is 348 g/mol. The first-order valence-electron chi connectivity index (χ1n) is 9.33. The zero-order valence-corrected chi connectivity index (χ0v) is 17.0. The first kappa shape index (κ1) is 20.6. The van der Waals surface area contributed by atoms with Crippen molar-refractivity contribution in [2.75, 3.05) is 26.2 Å². The van der Waals surface area contributed by atoms with E-state index in [1.807, 2.05) is 45.0 Å². The van der Waals surface area contributed by atoms with E-state index >= 15 is 0 Å². The molecule has 5 heteroatoms. The number of benzene rings is 1. The van der Waals surface area contributed by atoms with Crippen molar-refractivity contribution in [1.82, 2.24) is 9.80 Å². The van der Waals surface area contributed by atoms with E-state index in [1.54, 1.807) is 4.90 Å². The Hall–Kier alpha value is -1.70. The molecule has 1 aliphatic heterocycles. The predicted molar refractivity (Wildman–Crippen MR) is 106 cm³/mol. The van der Waals surface area contributed by atoms with Crippen LogP contribution in [0.15, 0.2) is 24.3 Å². The SMILES string of the molecule is CCC(C#Cc1cccc(Cl)c1)N1CCN(C(=O)OC(C)(C)CC)CC1. The fourth-order valence-corrected chi connectivity index (χ4v) is 2.96. The van der Waals surface area contributed by atoms with Gasteiger partial charge < -0.3 is 9.64 Å². The van der Waals surface area contributed by atoms with Crippen molar-refractivity contribution >= 4 is 17.7 Å². The Bertz CT molecular complexity index is 670. The van der Waals surface area contributed by atoms with Crippen LogP contribution < -0.4 is 0 Å². The van der Waals surface area contributed by atoms with Crippen LogP contribution in [-0.4, -0.2) is 53.7 Å². The van der Waals surface area contributed by atoms with Crippen LogP contribution in [0.25, 0.3) is 0 Å². The molecule has 4 nitrogen and oxygen atoms in total. The monoisotopic (exact) mass is 376 g/mol. The summed E-state index contributed by atoms with van der Waals surface area (Å²) in [7, 11) is 0. The number of carbonyl (C=O) groups excluding carboxylic acids is 1. The fraction of sp³-hybridized carbons (Fsp3) is 0.571. The zero-order valence-electron chi connectivity index (χ0n) is 16.2. The van der Waals surface area contributed by atoms with Crippen molar-refractivity contribution in [2.24, 2.45) is 0 Å². The molecule has 2 rings (SSSR count). The van der Waals surface area contributed by atoms with E-state index in [-0.39, 0.29) is 12.1 Å². The van der Waals surface area contributed by atoms with Crippen molar-refractivity contribution in [2.45, 2.75) is 52.2 Å². The molecule has 0 aliphatic carbocycles. The highest BCUT2D eigenvalue weighted by molar-refractivity contribution is 6.30. The summed E-state index contributed by atoms with van der Waals surface area (Å²) in [5.74, 6) is 6.58. The molecule has 1 unspecified atom stereocenters. The number of nitrogens with zero attached hydrogens (tertiary/aromatic N) is 2. The van der Waals surface area contributed by atoms with Gasteiger partial charge in [-0.3, -0.25) is 4.90 Å². The van der Waals surface area contributed by atoms with Gasteiger partial charge in [-0.15, -0.1) is 0 Å². The van der Waals surface area contributed by atoms with Gasteiger partial charge in [-0.05, 0) is 44.9 Å². The third-order valence-corrected chi connectivity index (χ3v) is 5.06. The standard InChI is InChI=1S/C21H29ClN2O2/c1-5-19(11-10-17-8-7-9-18(22)16-17)23-12-14-24(15-13-23)20(25)26-21(3,4)6-2/h7-9,16,19H,5-6,12-15H2,1-4H3. The van der Waals surface area contributed by atoms with Gasteiger partial charge in [-0.25, -0.2) is 4.79 Å². The average Bonchev–Trinajstić information content (AvgIpc) is 2.62. The summed E-state index contributed by atoms with van der Waals surface area (Å²) in [5.41, 5.74) is 0.516. The number of ether oxygens (including phenoxy) is 1. The van der Waals surface area contributed by atoms with Gasteiger partial charge in [0.15, 0.2) is 0 Å². The highest BCUT2D eigenvalue weighted by atomic mass is 35.5. The molecule has 0 saturated carbocycles. The maximum absolute atomic E-state index is 12.3. The Balaban J connectivity index is 1.92. The van der Waals surface area contributed by atoms with Crippen molar-refractivity contribution in [3.8, 4) is 11.8 Å². The summed E-state index contributed by atoms with van der Waals surface area (Å²) in [5, 5.41) is 0.701. The molecule has 26 heavy (non-hydrogen) atoms. The van der Waals surface area contributed by atoms with E-state index in [2.05, 4.69) is 23.7 Å². The molecule has 0 radical (unpaired) electrons. The van der Waals surface area contributed by atoms with E-state index < -0.39 is 5.60 Å². The van der Waals surface area contributed by atoms with Gasteiger partial charge in [0.25, 0.3) is 0 Å². The number of carbonyl (C=O) groups is 1. The summed E-state index contributed by atoms with van der Waals surface area (Å²) in [6.45, 7) is 11.0. The lowest BCUT2D eigenvalue weighted by molar-refractivity contribution is 0.00101. The Morgan fingerprint density at radius 1 is 1.27 bits per heavy atom. The number of amides is 1. The molecule has 0 bridgehead atoms. The lowest BCUT2D eigenvalue weighted by Gasteiger charge is -2.38. The van der Waals surface area contributed by atoms with Gasteiger partial charge >= 0.3 is 6.09 Å². The summed E-state index contributed by atoms with van der Waals surface area (Å²) >= 11 is 6.02. The van der Waals surface area contributed by atoms with Crippen LogP contribution in [0.2, 0.25) is 5.02 Å². The second kappa shape index (κ2) is 9.30. The number of hydrogen-bond acceptors (Lipinski definition) is 3. The van der Waals surface area contributed by atoms with Crippen molar-refractivity contribution < 1.29 is 9.53 Å². The average molecular weight is 377 g/mol. The molecular formula is C21H29ClN2O2. The number of halogens is 1. The largest absolute Gasteiger partial charge is 0.443 e. The molecule has 0 spiro atoms. The third kappa shape index (κ3) is 5.93. The third-order valence-electron chi connectivity index (χ3n) is 4.82. The van der Waals surface area contributed by atoms with Crippen LogP contribution in [0, 0.1) is 11.8 Å². The van der Waals surface area contributed by atoms with Crippen LogP contribution in [0.4, 0.5) is 4.79 Å². The molecule has 1 aromatic carbocycles. The molecule has 1 saturated heterocycles. The summed E-state index contributed by atoms with van der Waals surface area (Å²) in [6.07, 6.45) is 1.53. The second-order valence-electron chi connectivity index (χ2n) is 7.21. The van der Waals surface area contributed by atoms with E-state index in [0.29, 0.717) is 18.1 Å². The van der Waals surface area contributed by atoms with Gasteiger partial charge in [-0.1, -0.05) is 43.4 Å². The normalized spacial score (nSPS) is 16.6. The quantitative estimate of drug-likeness (QED) is 0.729. The summed E-state index contributed by atoms with van der Waals surface area (Å²) in [6, 6.07) is 7.79. The van der Waals surface area contributed by atoms with E-state index in [0.717, 1.165) is 31.5 Å². The fourth-order valence-electron chi connectivity index (χ4n) is 2.77. The first-order chi connectivity index (χ1) is 12.3. The minimum Gasteiger partial charge on any atom is -0.443 e. The Kier molecular flexibility index (Phi) is 7.37. The molecule has 1 heterocycles. The van der Waals surface area contributed by atoms with Crippen LogP contribution in [-0.2, 0) is 4.74 Å². The summed E-state index contributed by atoms with van der Waals surface area (Å²) in [4.78, 5) is 16.4. The molecule has 142 valence electrons. The van der Waals surface area contributed by atoms with Gasteiger partial charge in [-0.2, -0.15) is 0 Å². The maximum atomic E-state index is 12.3. The topological polar surface area (TPSA) is 32.8 Å². The van der Waals surface area contributed by atoms with Crippen LogP contribution >= 0.6 is 11.6 Å². The summed E-state index contributed by atoms with van der Waals surface area (Å²) < 4.78 is 5.59. The smallest absolute Gasteiger partial charge is 0.410 e. The predicted octanol–water partition coefficient (Wildman–Crippen LogP) is 4.41. The number of piperazine rings is 1. The minimum atomic E-state index is -0.414. The molecule has 0 N–H and O–H groups in total. The van der Waals surface area contributed by atoms with Crippen LogP contribution in [0.3, 0.4) is 0 Å². The number of rotatable bonds is 4. The molecule has 1 amide bonds. The molecule has 1 aromatic rings. The van der Waals surface area contributed by atoms with Gasteiger partial charge in [0.2, 0.25) is 0 Å². The maximum Gasteiger partial charge on any atom is 0.410 e. The Morgan fingerprint density at radius 2 is 1.96 bits per heavy atom. The Morgan fingerprint density at radius 3 is 2.54 bits per heavy atom. The minimum absolute atomic E-state index is 0.180. The highest BCUT2D eigenvalue weighted by Crippen LogP contribution is 2.17. The van der Waals surface area contributed by atoms with Crippen LogP contribution in [0.1, 0.15) is 46.1 Å². The van der Waals surface area contributed by atoms with Crippen LogP contribution in [0.5, 0.6) is 0 Å². The second-order valence-corrected chi connectivity index (χ2v) is 7.64. The van der Waals surface area contributed by atoms with E-state index in [4.69, 9.17) is 16.3 Å². The molecule has 1 fully saturated rings. The first-order valence-corrected chi connectivity index (χ1v) is 9.71. The zero-order chi connectivity index (χ0) is 19.2. The lowest BCUT2D eigenvalue weighted by atomic mass is 10.1. The van der Waals surface area contributed by atoms with Gasteiger partial charge in [0, 0.05) is 36.8 Å². The molecule has 1 atom stereocenters. The van der Waals surface area contributed by atoms with Gasteiger partial charge in [0.05, 0.1) is 6.04 Å². The molecule has 0 aromatic heterocycles.